The highest BCUT2D eigenvalue weighted by molar-refractivity contribution is 7.92. The van der Waals surface area contributed by atoms with Crippen LogP contribution in [0.4, 0.5) is 5.69 Å². The molecule has 2 aromatic rings. The number of nitrogens with zero attached hydrogens (tertiary/aromatic N) is 1. The number of esters is 1. The molecule has 0 N–H and O–H groups in total. The SMILES string of the molecule is CCOc1ccc(C(=O)COC(=O)c2ccc3c(c2)CCCN3S(C)(=O)=O)cc1. The van der Waals surface area contributed by atoms with E-state index in [1.54, 1.807) is 36.4 Å². The first kappa shape index (κ1) is 20.9. The number of Topliss-reactive ketones (excluding diaryl/α,β-unsaturated/α-hetero) is 1. The van der Waals surface area contributed by atoms with Crippen LogP contribution in [-0.4, -0.2) is 46.2 Å². The molecule has 0 aliphatic carbocycles. The van der Waals surface area contributed by atoms with Crippen molar-refractivity contribution in [3.05, 3.63) is 59.2 Å². The first-order valence-corrected chi connectivity index (χ1v) is 11.2. The van der Waals surface area contributed by atoms with Crippen LogP contribution in [0, 0.1) is 0 Å². The second-order valence-electron chi connectivity index (χ2n) is 6.74. The summed E-state index contributed by atoms with van der Waals surface area (Å²) in [7, 11) is -3.37. The fourth-order valence-corrected chi connectivity index (χ4v) is 4.23. The van der Waals surface area contributed by atoms with Crippen molar-refractivity contribution in [2.75, 3.05) is 30.3 Å². The molecule has 2 aromatic carbocycles. The third kappa shape index (κ3) is 4.95. The second kappa shape index (κ2) is 8.65. The van der Waals surface area contributed by atoms with Gasteiger partial charge in [-0.25, -0.2) is 13.2 Å². The molecule has 0 radical (unpaired) electrons. The highest BCUT2D eigenvalue weighted by atomic mass is 32.2. The zero-order valence-electron chi connectivity index (χ0n) is 16.4. The average molecular weight is 417 g/mol. The summed E-state index contributed by atoms with van der Waals surface area (Å²) in [5, 5.41) is 0. The first-order chi connectivity index (χ1) is 13.8. The lowest BCUT2D eigenvalue weighted by Crippen LogP contribution is -2.34. The zero-order valence-corrected chi connectivity index (χ0v) is 17.2. The molecular weight excluding hydrogens is 394 g/mol. The van der Waals surface area contributed by atoms with Crippen molar-refractivity contribution in [3.63, 3.8) is 0 Å². The third-order valence-electron chi connectivity index (χ3n) is 4.61. The Bertz CT molecular complexity index is 1010. The number of rotatable bonds is 7. The second-order valence-corrected chi connectivity index (χ2v) is 8.65. The molecule has 3 rings (SSSR count). The van der Waals surface area contributed by atoms with Crippen molar-refractivity contribution in [1.82, 2.24) is 0 Å². The number of anilines is 1. The number of aryl methyl sites for hydroxylation is 1. The molecule has 8 heteroatoms. The van der Waals surface area contributed by atoms with Gasteiger partial charge in [-0.1, -0.05) is 0 Å². The van der Waals surface area contributed by atoms with Crippen LogP contribution in [0.25, 0.3) is 0 Å². The van der Waals surface area contributed by atoms with Crippen molar-refractivity contribution in [2.24, 2.45) is 0 Å². The van der Waals surface area contributed by atoms with Crippen LogP contribution < -0.4 is 9.04 Å². The number of ketones is 1. The van der Waals surface area contributed by atoms with E-state index in [-0.39, 0.29) is 12.4 Å². The van der Waals surface area contributed by atoms with E-state index in [2.05, 4.69) is 0 Å². The standard InChI is InChI=1S/C21H23NO6S/c1-3-27-18-9-6-15(7-10-18)20(23)14-28-21(24)17-8-11-19-16(13-17)5-4-12-22(19)29(2,25)26/h6-11,13H,3-5,12,14H2,1-2H3. The van der Waals surface area contributed by atoms with E-state index in [9.17, 15) is 18.0 Å². The molecule has 0 saturated carbocycles. The molecule has 0 amide bonds. The van der Waals surface area contributed by atoms with Gasteiger partial charge in [-0.3, -0.25) is 9.10 Å². The Kier molecular flexibility index (Phi) is 6.22. The smallest absolute Gasteiger partial charge is 0.338 e. The van der Waals surface area contributed by atoms with Crippen molar-refractivity contribution in [3.8, 4) is 5.75 Å². The summed E-state index contributed by atoms with van der Waals surface area (Å²) in [4.78, 5) is 24.6. The van der Waals surface area contributed by atoms with Gasteiger partial charge in [0.1, 0.15) is 5.75 Å². The van der Waals surface area contributed by atoms with Crippen molar-refractivity contribution in [2.45, 2.75) is 19.8 Å². The Morgan fingerprint density at radius 1 is 1.07 bits per heavy atom. The molecule has 0 fully saturated rings. The van der Waals surface area contributed by atoms with Gasteiger partial charge in [-0.2, -0.15) is 0 Å². The molecule has 0 aromatic heterocycles. The molecule has 154 valence electrons. The quantitative estimate of drug-likeness (QED) is 0.508. The lowest BCUT2D eigenvalue weighted by Gasteiger charge is -2.29. The average Bonchev–Trinajstić information content (AvgIpc) is 2.71. The molecule has 0 bridgehead atoms. The van der Waals surface area contributed by atoms with Crippen molar-refractivity contribution >= 4 is 27.5 Å². The van der Waals surface area contributed by atoms with Gasteiger partial charge in [0, 0.05) is 12.1 Å². The van der Waals surface area contributed by atoms with E-state index in [4.69, 9.17) is 9.47 Å². The van der Waals surface area contributed by atoms with Gasteiger partial charge >= 0.3 is 5.97 Å². The number of fused-ring (bicyclic) bond motifs is 1. The lowest BCUT2D eigenvalue weighted by atomic mass is 10.0. The molecule has 1 heterocycles. The van der Waals surface area contributed by atoms with Gasteiger partial charge < -0.3 is 9.47 Å². The van der Waals surface area contributed by atoms with Crippen LogP contribution in [0.1, 0.15) is 39.6 Å². The summed E-state index contributed by atoms with van der Waals surface area (Å²) in [6.45, 7) is 2.46. The van der Waals surface area contributed by atoms with Gasteiger partial charge in [0.25, 0.3) is 0 Å². The molecular formula is C21H23NO6S. The maximum atomic E-state index is 12.4. The maximum Gasteiger partial charge on any atom is 0.338 e. The van der Waals surface area contributed by atoms with Gasteiger partial charge in [-0.05, 0) is 67.8 Å². The lowest BCUT2D eigenvalue weighted by molar-refractivity contribution is 0.0474. The minimum Gasteiger partial charge on any atom is -0.494 e. The molecule has 0 saturated heterocycles. The summed E-state index contributed by atoms with van der Waals surface area (Å²) in [5.74, 6) is -0.274. The van der Waals surface area contributed by atoms with E-state index < -0.39 is 16.0 Å². The van der Waals surface area contributed by atoms with Crippen molar-refractivity contribution < 1.29 is 27.5 Å². The molecule has 0 atom stereocenters. The number of hydrogen-bond acceptors (Lipinski definition) is 6. The van der Waals surface area contributed by atoms with Crippen LogP contribution in [0.3, 0.4) is 0 Å². The number of carbonyl (C=O) groups is 2. The van der Waals surface area contributed by atoms with Gasteiger partial charge in [0.15, 0.2) is 12.4 Å². The largest absolute Gasteiger partial charge is 0.494 e. The van der Waals surface area contributed by atoms with E-state index in [1.807, 2.05) is 6.92 Å². The van der Waals surface area contributed by atoms with E-state index >= 15 is 0 Å². The third-order valence-corrected chi connectivity index (χ3v) is 5.79. The first-order valence-electron chi connectivity index (χ1n) is 9.33. The van der Waals surface area contributed by atoms with Gasteiger partial charge in [-0.15, -0.1) is 0 Å². The number of carbonyl (C=O) groups excluding carboxylic acids is 2. The number of benzene rings is 2. The monoisotopic (exact) mass is 417 g/mol. The molecule has 29 heavy (non-hydrogen) atoms. The highest BCUT2D eigenvalue weighted by Crippen LogP contribution is 2.30. The van der Waals surface area contributed by atoms with Crippen LogP contribution in [0.15, 0.2) is 42.5 Å². The molecule has 0 unspecified atom stereocenters. The molecule has 7 nitrogen and oxygen atoms in total. The van der Waals surface area contributed by atoms with Crippen LogP contribution in [0.2, 0.25) is 0 Å². The highest BCUT2D eigenvalue weighted by Gasteiger charge is 2.25. The normalized spacial score (nSPS) is 13.5. The minimum absolute atomic E-state index is 0.290. The Labute approximate surface area is 170 Å². The van der Waals surface area contributed by atoms with E-state index in [0.717, 1.165) is 11.8 Å². The Balaban J connectivity index is 1.66. The van der Waals surface area contributed by atoms with Crippen molar-refractivity contribution in [1.29, 1.82) is 0 Å². The fraction of sp³-hybridized carbons (Fsp3) is 0.333. The predicted molar refractivity (Wildman–Crippen MR) is 109 cm³/mol. The Morgan fingerprint density at radius 2 is 1.76 bits per heavy atom. The van der Waals surface area contributed by atoms with Crippen LogP contribution >= 0.6 is 0 Å². The van der Waals surface area contributed by atoms with Gasteiger partial charge in [0.05, 0.1) is 24.1 Å². The maximum absolute atomic E-state index is 12.4. The van der Waals surface area contributed by atoms with Crippen LogP contribution in [0.5, 0.6) is 5.75 Å². The number of sulfonamides is 1. The van der Waals surface area contributed by atoms with Crippen LogP contribution in [-0.2, 0) is 21.2 Å². The van der Waals surface area contributed by atoms with Gasteiger partial charge in [0.2, 0.25) is 10.0 Å². The number of ether oxygens (including phenoxy) is 2. The summed E-state index contributed by atoms with van der Waals surface area (Å²) in [6.07, 6.45) is 2.51. The molecule has 1 aliphatic heterocycles. The summed E-state index contributed by atoms with van der Waals surface area (Å²) < 4.78 is 35.7. The predicted octanol–water partition coefficient (Wildman–Crippen LogP) is 2.84. The molecule has 0 spiro atoms. The molecule has 1 aliphatic rings. The summed E-state index contributed by atoms with van der Waals surface area (Å²) >= 11 is 0. The summed E-state index contributed by atoms with van der Waals surface area (Å²) in [5.41, 5.74) is 2.07. The van der Waals surface area contributed by atoms with E-state index in [1.165, 1.54) is 10.4 Å². The summed E-state index contributed by atoms with van der Waals surface area (Å²) in [6, 6.07) is 11.4. The Morgan fingerprint density at radius 3 is 2.41 bits per heavy atom. The Hall–Kier alpha value is -2.87. The van der Waals surface area contributed by atoms with E-state index in [0.29, 0.717) is 48.6 Å². The zero-order chi connectivity index (χ0) is 21.0. The minimum atomic E-state index is -3.37. The fourth-order valence-electron chi connectivity index (χ4n) is 3.24. The topological polar surface area (TPSA) is 90.0 Å². The number of hydrogen-bond donors (Lipinski definition) is 0.